The van der Waals surface area contributed by atoms with E-state index in [-0.39, 0.29) is 12.4 Å². The van der Waals surface area contributed by atoms with Gasteiger partial charge in [0.25, 0.3) is 0 Å². The zero-order valence-electron chi connectivity index (χ0n) is 13.4. The van der Waals surface area contributed by atoms with Crippen LogP contribution in [-0.4, -0.2) is 24.7 Å². The number of nitrogens with zero attached hydrogens (tertiary/aromatic N) is 4. The molecule has 0 aliphatic carbocycles. The second-order valence-corrected chi connectivity index (χ2v) is 6.20. The molecule has 0 bridgehead atoms. The van der Waals surface area contributed by atoms with Gasteiger partial charge in [-0.05, 0) is 30.4 Å². The molecule has 2 heterocycles. The summed E-state index contributed by atoms with van der Waals surface area (Å²) >= 11 is 11.3. The first kappa shape index (κ1) is 17.4. The number of hydrogen-bond donors (Lipinski definition) is 2. The predicted molar refractivity (Wildman–Crippen MR) is 99.0 cm³/mol. The van der Waals surface area contributed by atoms with Crippen LogP contribution in [0.3, 0.4) is 0 Å². The van der Waals surface area contributed by atoms with E-state index in [9.17, 15) is 4.39 Å². The third kappa shape index (κ3) is 4.55. The minimum Gasteiger partial charge on any atom is -0.357 e. The molecular weight excluding hydrogens is 363 g/mol. The van der Waals surface area contributed by atoms with Crippen LogP contribution in [0.15, 0.2) is 42.7 Å². The highest BCUT2D eigenvalue weighted by atomic mass is 35.5. The van der Waals surface area contributed by atoms with Crippen LogP contribution in [-0.2, 0) is 20.1 Å². The van der Waals surface area contributed by atoms with Gasteiger partial charge in [-0.25, -0.2) is 4.39 Å². The lowest BCUT2D eigenvalue weighted by Crippen LogP contribution is -2.28. The van der Waals surface area contributed by atoms with Crippen molar-refractivity contribution in [3.8, 4) is 0 Å². The summed E-state index contributed by atoms with van der Waals surface area (Å²) in [6.07, 6.45) is 3.59. The van der Waals surface area contributed by atoms with Crippen molar-refractivity contribution in [2.24, 2.45) is 7.05 Å². The number of hydrogen-bond acceptors (Lipinski definition) is 3. The van der Waals surface area contributed by atoms with Crippen molar-refractivity contribution in [2.75, 3.05) is 5.32 Å². The summed E-state index contributed by atoms with van der Waals surface area (Å²) in [7, 11) is 1.86. The van der Waals surface area contributed by atoms with Crippen LogP contribution in [0, 0.1) is 5.82 Å². The van der Waals surface area contributed by atoms with E-state index in [4.69, 9.17) is 23.8 Å². The number of aromatic nitrogens is 4. The van der Waals surface area contributed by atoms with Crippen molar-refractivity contribution in [1.29, 1.82) is 0 Å². The van der Waals surface area contributed by atoms with Gasteiger partial charge < -0.3 is 10.6 Å². The first-order valence-corrected chi connectivity index (χ1v) is 8.29. The van der Waals surface area contributed by atoms with Crippen molar-refractivity contribution < 1.29 is 4.39 Å². The largest absolute Gasteiger partial charge is 0.357 e. The van der Waals surface area contributed by atoms with E-state index >= 15 is 0 Å². The molecule has 130 valence electrons. The van der Waals surface area contributed by atoms with Crippen molar-refractivity contribution in [3.63, 3.8) is 0 Å². The fraction of sp³-hybridized carbons (Fsp3) is 0.188. The second kappa shape index (κ2) is 7.62. The Kier molecular flexibility index (Phi) is 5.30. The Hall–Kier alpha value is -2.45. The molecule has 0 unspecified atom stereocenters. The van der Waals surface area contributed by atoms with Crippen LogP contribution in [0.2, 0.25) is 5.02 Å². The highest BCUT2D eigenvalue weighted by molar-refractivity contribution is 7.80. The van der Waals surface area contributed by atoms with Gasteiger partial charge >= 0.3 is 0 Å². The molecular formula is C16H16ClFN6S. The van der Waals surface area contributed by atoms with Gasteiger partial charge in [-0.1, -0.05) is 17.7 Å². The summed E-state index contributed by atoms with van der Waals surface area (Å²) in [5, 5.41) is 15.4. The molecule has 3 aromatic rings. The van der Waals surface area contributed by atoms with Gasteiger partial charge in [0.1, 0.15) is 5.82 Å². The normalized spacial score (nSPS) is 10.7. The van der Waals surface area contributed by atoms with Crippen LogP contribution in [0.5, 0.6) is 0 Å². The standard InChI is InChI=1S/C16H16ClFN6S/c1-23-7-5-11(21-23)9-19-16(25)20-15-6-8-24(22-15)10-12-13(17)3-2-4-14(12)18/h2-8H,9-10H2,1H3,(H2,19,20,22,25). The number of rotatable bonds is 5. The molecule has 0 spiro atoms. The summed E-state index contributed by atoms with van der Waals surface area (Å²) in [6.45, 7) is 0.750. The molecule has 3 rings (SSSR count). The lowest BCUT2D eigenvalue weighted by atomic mass is 10.2. The van der Waals surface area contributed by atoms with Gasteiger partial charge in [0, 0.05) is 36.1 Å². The van der Waals surface area contributed by atoms with Crippen LogP contribution in [0.25, 0.3) is 0 Å². The molecule has 2 N–H and O–H groups in total. The Morgan fingerprint density at radius 3 is 2.80 bits per heavy atom. The summed E-state index contributed by atoms with van der Waals surface area (Å²) in [6, 6.07) is 8.26. The maximum atomic E-state index is 13.8. The summed E-state index contributed by atoms with van der Waals surface area (Å²) < 4.78 is 17.2. The molecule has 0 saturated carbocycles. The van der Waals surface area contributed by atoms with Gasteiger partial charge in [0.2, 0.25) is 0 Å². The molecule has 0 fully saturated rings. The summed E-state index contributed by atoms with van der Waals surface area (Å²) in [4.78, 5) is 0. The molecule has 25 heavy (non-hydrogen) atoms. The number of aryl methyl sites for hydroxylation is 1. The maximum absolute atomic E-state index is 13.8. The molecule has 1 aromatic carbocycles. The monoisotopic (exact) mass is 378 g/mol. The molecule has 9 heteroatoms. The average Bonchev–Trinajstić information content (AvgIpc) is 3.18. The van der Waals surface area contributed by atoms with Crippen molar-refractivity contribution in [1.82, 2.24) is 24.9 Å². The topological polar surface area (TPSA) is 59.7 Å². The Balaban J connectivity index is 1.57. The van der Waals surface area contributed by atoms with Crippen LogP contribution in [0.4, 0.5) is 10.2 Å². The van der Waals surface area contributed by atoms with Gasteiger partial charge in [-0.15, -0.1) is 0 Å². The van der Waals surface area contributed by atoms with Crippen molar-refractivity contribution in [3.05, 3.63) is 64.8 Å². The predicted octanol–water partition coefficient (Wildman–Crippen LogP) is 2.94. The molecule has 0 atom stereocenters. The number of thiocarbonyl (C=S) groups is 1. The van der Waals surface area contributed by atoms with Crippen LogP contribution >= 0.6 is 23.8 Å². The smallest absolute Gasteiger partial charge is 0.172 e. The van der Waals surface area contributed by atoms with E-state index in [0.717, 1.165) is 5.69 Å². The molecule has 0 aliphatic heterocycles. The van der Waals surface area contributed by atoms with Crippen molar-refractivity contribution in [2.45, 2.75) is 13.1 Å². The fourth-order valence-electron chi connectivity index (χ4n) is 2.25. The summed E-state index contributed by atoms with van der Waals surface area (Å²) in [5.74, 6) is 0.205. The molecule has 6 nitrogen and oxygen atoms in total. The van der Waals surface area contributed by atoms with Gasteiger partial charge in [0.15, 0.2) is 10.9 Å². The van der Waals surface area contributed by atoms with Crippen LogP contribution < -0.4 is 10.6 Å². The highest BCUT2D eigenvalue weighted by Crippen LogP contribution is 2.20. The first-order valence-electron chi connectivity index (χ1n) is 7.51. The van der Waals surface area contributed by atoms with E-state index in [1.807, 2.05) is 19.3 Å². The fourth-order valence-corrected chi connectivity index (χ4v) is 2.65. The Labute approximate surface area is 154 Å². The molecule has 0 radical (unpaired) electrons. The zero-order valence-corrected chi connectivity index (χ0v) is 15.0. The van der Waals surface area contributed by atoms with E-state index in [2.05, 4.69) is 20.8 Å². The molecule has 0 amide bonds. The number of halogens is 2. The van der Waals surface area contributed by atoms with Gasteiger partial charge in [-0.2, -0.15) is 10.2 Å². The zero-order chi connectivity index (χ0) is 17.8. The quantitative estimate of drug-likeness (QED) is 0.668. The minimum atomic E-state index is -0.356. The van der Waals surface area contributed by atoms with E-state index in [1.54, 1.807) is 33.8 Å². The van der Waals surface area contributed by atoms with Gasteiger partial charge in [-0.3, -0.25) is 9.36 Å². The van der Waals surface area contributed by atoms with Crippen molar-refractivity contribution >= 4 is 34.7 Å². The molecule has 0 aliphatic rings. The third-order valence-corrected chi connectivity index (χ3v) is 4.06. The third-order valence-electron chi connectivity index (χ3n) is 3.46. The Morgan fingerprint density at radius 1 is 1.24 bits per heavy atom. The SMILES string of the molecule is Cn1ccc(CNC(=S)Nc2ccn(Cc3c(F)cccc3Cl)n2)n1. The number of anilines is 1. The number of benzene rings is 1. The second-order valence-electron chi connectivity index (χ2n) is 5.39. The van der Waals surface area contributed by atoms with E-state index in [0.29, 0.717) is 28.1 Å². The minimum absolute atomic E-state index is 0.237. The Bertz CT molecular complexity index is 870. The van der Waals surface area contributed by atoms with E-state index in [1.165, 1.54) is 6.07 Å². The molecule has 2 aromatic heterocycles. The van der Waals surface area contributed by atoms with E-state index < -0.39 is 0 Å². The van der Waals surface area contributed by atoms with Gasteiger partial charge in [0.05, 0.1) is 18.8 Å². The maximum Gasteiger partial charge on any atom is 0.172 e. The summed E-state index contributed by atoms with van der Waals surface area (Å²) in [5.41, 5.74) is 1.28. The number of nitrogens with one attached hydrogen (secondary N) is 2. The molecule has 0 saturated heterocycles. The lowest BCUT2D eigenvalue weighted by molar-refractivity contribution is 0.586. The first-order chi connectivity index (χ1) is 12.0. The lowest BCUT2D eigenvalue weighted by Gasteiger charge is -2.08. The Morgan fingerprint density at radius 2 is 2.08 bits per heavy atom. The average molecular weight is 379 g/mol. The highest BCUT2D eigenvalue weighted by Gasteiger charge is 2.09. The van der Waals surface area contributed by atoms with Crippen LogP contribution in [0.1, 0.15) is 11.3 Å².